The Balaban J connectivity index is 2.50. The summed E-state index contributed by atoms with van der Waals surface area (Å²) in [4.78, 5) is 14.6. The van der Waals surface area contributed by atoms with Gasteiger partial charge < -0.3 is 0 Å². The molecule has 2 rings (SSSR count). The van der Waals surface area contributed by atoms with Crippen molar-refractivity contribution in [1.29, 1.82) is 0 Å². The number of aromatic nitrogens is 3. The van der Waals surface area contributed by atoms with Crippen LogP contribution in [0.2, 0.25) is 0 Å². The molecule has 0 aliphatic carbocycles. The molecular formula is C12H12F3N3OS. The fourth-order valence-electron chi connectivity index (χ4n) is 1.50. The number of hydrogen-bond donors (Lipinski definition) is 0. The number of nitrogens with zero attached hydrogens (tertiary/aromatic N) is 3. The molecule has 20 heavy (non-hydrogen) atoms. The van der Waals surface area contributed by atoms with Crippen LogP contribution in [0.15, 0.2) is 11.6 Å². The molecule has 108 valence electrons. The summed E-state index contributed by atoms with van der Waals surface area (Å²) in [5.41, 5.74) is -0.946. The fourth-order valence-corrected chi connectivity index (χ4v) is 2.33. The van der Waals surface area contributed by atoms with E-state index in [4.69, 9.17) is 0 Å². The summed E-state index contributed by atoms with van der Waals surface area (Å²) < 4.78 is 39.2. The number of rotatable bonds is 2. The highest BCUT2D eigenvalue weighted by atomic mass is 32.1. The average molecular weight is 303 g/mol. The van der Waals surface area contributed by atoms with Crippen LogP contribution in [-0.4, -0.2) is 21.1 Å². The van der Waals surface area contributed by atoms with Crippen molar-refractivity contribution in [2.24, 2.45) is 0 Å². The van der Waals surface area contributed by atoms with Crippen LogP contribution in [0.4, 0.5) is 13.2 Å². The number of aldehydes is 1. The highest BCUT2D eigenvalue weighted by molar-refractivity contribution is 7.13. The van der Waals surface area contributed by atoms with E-state index in [1.165, 1.54) is 6.20 Å². The van der Waals surface area contributed by atoms with E-state index in [0.29, 0.717) is 6.29 Å². The van der Waals surface area contributed by atoms with E-state index in [-0.39, 0.29) is 21.8 Å². The van der Waals surface area contributed by atoms with Gasteiger partial charge in [0.15, 0.2) is 12.0 Å². The van der Waals surface area contributed by atoms with Crippen LogP contribution in [0.25, 0.3) is 10.7 Å². The largest absolute Gasteiger partial charge is 0.434 e. The van der Waals surface area contributed by atoms with Crippen LogP contribution < -0.4 is 0 Å². The van der Waals surface area contributed by atoms with Crippen molar-refractivity contribution < 1.29 is 18.0 Å². The Morgan fingerprint density at radius 3 is 2.40 bits per heavy atom. The van der Waals surface area contributed by atoms with Gasteiger partial charge in [-0.05, 0) is 20.8 Å². The molecule has 8 heteroatoms. The van der Waals surface area contributed by atoms with Gasteiger partial charge in [-0.15, -0.1) is 11.3 Å². The van der Waals surface area contributed by atoms with Gasteiger partial charge in [-0.2, -0.15) is 18.3 Å². The van der Waals surface area contributed by atoms with Gasteiger partial charge in [-0.1, -0.05) is 0 Å². The molecule has 0 aromatic carbocycles. The third kappa shape index (κ3) is 2.74. The Morgan fingerprint density at radius 2 is 1.95 bits per heavy atom. The van der Waals surface area contributed by atoms with E-state index < -0.39 is 11.9 Å². The first-order valence-corrected chi connectivity index (χ1v) is 6.59. The van der Waals surface area contributed by atoms with Gasteiger partial charge in [0.25, 0.3) is 0 Å². The summed E-state index contributed by atoms with van der Waals surface area (Å²) in [6.07, 6.45) is -2.42. The predicted molar refractivity (Wildman–Crippen MR) is 68.7 cm³/mol. The first-order chi connectivity index (χ1) is 9.13. The van der Waals surface area contributed by atoms with Crippen LogP contribution in [0.1, 0.15) is 36.8 Å². The SMILES string of the molecule is CC(C)(C)n1cc(C=O)c(-c2nc(C(F)(F)F)cs2)n1. The van der Waals surface area contributed by atoms with Gasteiger partial charge in [0.05, 0.1) is 11.1 Å². The van der Waals surface area contributed by atoms with Gasteiger partial charge in [0.2, 0.25) is 0 Å². The smallest absolute Gasteiger partial charge is 0.298 e. The highest BCUT2D eigenvalue weighted by Gasteiger charge is 2.34. The van der Waals surface area contributed by atoms with Crippen molar-refractivity contribution in [2.75, 3.05) is 0 Å². The third-order valence-corrected chi connectivity index (χ3v) is 3.40. The number of thiazole rings is 1. The molecule has 2 aromatic rings. The Kier molecular flexibility index (Phi) is 3.45. The number of halogens is 3. The van der Waals surface area contributed by atoms with E-state index in [1.807, 2.05) is 20.8 Å². The Labute approximate surface area is 117 Å². The Morgan fingerprint density at radius 1 is 1.30 bits per heavy atom. The van der Waals surface area contributed by atoms with Crippen molar-refractivity contribution in [3.8, 4) is 10.7 Å². The quantitative estimate of drug-likeness (QED) is 0.797. The van der Waals surface area contributed by atoms with Crippen LogP contribution in [-0.2, 0) is 11.7 Å². The molecule has 0 radical (unpaired) electrons. The molecule has 0 spiro atoms. The third-order valence-electron chi connectivity index (χ3n) is 2.55. The van der Waals surface area contributed by atoms with Crippen LogP contribution in [0, 0.1) is 0 Å². The van der Waals surface area contributed by atoms with E-state index in [9.17, 15) is 18.0 Å². The molecule has 0 saturated heterocycles. The average Bonchev–Trinajstić information content (AvgIpc) is 2.93. The lowest BCUT2D eigenvalue weighted by molar-refractivity contribution is -0.140. The molecule has 0 unspecified atom stereocenters. The van der Waals surface area contributed by atoms with Crippen LogP contribution in [0.5, 0.6) is 0 Å². The molecule has 0 atom stereocenters. The molecule has 0 aliphatic rings. The first kappa shape index (κ1) is 14.7. The van der Waals surface area contributed by atoms with Crippen molar-refractivity contribution >= 4 is 17.6 Å². The number of carbonyl (C=O) groups excluding carboxylic acids is 1. The maximum Gasteiger partial charge on any atom is 0.434 e. The summed E-state index contributed by atoms with van der Waals surface area (Å²) in [5.74, 6) is 0. The second kappa shape index (κ2) is 4.69. The minimum atomic E-state index is -4.50. The number of carbonyl (C=O) groups is 1. The van der Waals surface area contributed by atoms with Gasteiger partial charge in [-0.3, -0.25) is 9.48 Å². The molecule has 2 heterocycles. The Bertz CT molecular complexity index is 637. The van der Waals surface area contributed by atoms with Crippen LogP contribution >= 0.6 is 11.3 Å². The lowest BCUT2D eigenvalue weighted by atomic mass is 10.1. The summed E-state index contributed by atoms with van der Waals surface area (Å²) >= 11 is 0.817. The number of alkyl halides is 3. The lowest BCUT2D eigenvalue weighted by Crippen LogP contribution is -2.22. The predicted octanol–water partition coefficient (Wildman–Crippen LogP) is 3.59. The summed E-state index contributed by atoms with van der Waals surface area (Å²) in [7, 11) is 0. The van der Waals surface area contributed by atoms with Gasteiger partial charge in [-0.25, -0.2) is 4.98 Å². The fraction of sp³-hybridized carbons (Fsp3) is 0.417. The number of hydrogen-bond acceptors (Lipinski definition) is 4. The first-order valence-electron chi connectivity index (χ1n) is 5.71. The topological polar surface area (TPSA) is 47.8 Å². The minimum absolute atomic E-state index is 0.0856. The second-order valence-electron chi connectivity index (χ2n) is 5.20. The molecule has 0 saturated carbocycles. The highest BCUT2D eigenvalue weighted by Crippen LogP contribution is 2.34. The summed E-state index contributed by atoms with van der Waals surface area (Å²) in [6.45, 7) is 5.63. The lowest BCUT2D eigenvalue weighted by Gasteiger charge is -2.18. The van der Waals surface area contributed by atoms with Crippen molar-refractivity contribution in [3.05, 3.63) is 22.8 Å². The standard InChI is InChI=1S/C12H12F3N3OS/c1-11(2,3)18-4-7(5-19)9(17-18)10-16-8(6-20-10)12(13,14)15/h4-6H,1-3H3. The molecule has 0 bridgehead atoms. The van der Waals surface area contributed by atoms with E-state index in [1.54, 1.807) is 4.68 Å². The molecule has 0 aliphatic heterocycles. The molecular weight excluding hydrogens is 291 g/mol. The van der Waals surface area contributed by atoms with E-state index >= 15 is 0 Å². The summed E-state index contributed by atoms with van der Waals surface area (Å²) in [6, 6.07) is 0. The van der Waals surface area contributed by atoms with Gasteiger partial charge in [0, 0.05) is 11.6 Å². The second-order valence-corrected chi connectivity index (χ2v) is 6.06. The minimum Gasteiger partial charge on any atom is -0.298 e. The van der Waals surface area contributed by atoms with Gasteiger partial charge in [0.1, 0.15) is 10.7 Å². The molecule has 0 fully saturated rings. The normalized spacial score (nSPS) is 12.7. The van der Waals surface area contributed by atoms with Crippen molar-refractivity contribution in [1.82, 2.24) is 14.8 Å². The van der Waals surface area contributed by atoms with Crippen molar-refractivity contribution in [3.63, 3.8) is 0 Å². The monoisotopic (exact) mass is 303 g/mol. The Hall–Kier alpha value is -1.70. The maximum absolute atomic E-state index is 12.5. The summed E-state index contributed by atoms with van der Waals surface area (Å²) in [5, 5.41) is 5.19. The molecule has 4 nitrogen and oxygen atoms in total. The zero-order chi connectivity index (χ0) is 15.1. The maximum atomic E-state index is 12.5. The molecule has 0 N–H and O–H groups in total. The van der Waals surface area contributed by atoms with Gasteiger partial charge >= 0.3 is 6.18 Å². The molecule has 0 amide bonds. The van der Waals surface area contributed by atoms with E-state index in [0.717, 1.165) is 16.7 Å². The zero-order valence-corrected chi connectivity index (χ0v) is 11.8. The van der Waals surface area contributed by atoms with Crippen LogP contribution in [0.3, 0.4) is 0 Å². The molecule has 2 aromatic heterocycles. The van der Waals surface area contributed by atoms with E-state index in [2.05, 4.69) is 10.1 Å². The van der Waals surface area contributed by atoms with Crippen molar-refractivity contribution in [2.45, 2.75) is 32.5 Å². The zero-order valence-electron chi connectivity index (χ0n) is 11.0.